The number of aryl methyl sites for hydroxylation is 1. The fourth-order valence-electron chi connectivity index (χ4n) is 4.32. The molecule has 0 unspecified atom stereocenters. The molecule has 172 valence electrons. The number of hydrogen-bond acceptors (Lipinski definition) is 7. The second-order valence-corrected chi connectivity index (χ2v) is 8.40. The van der Waals surface area contributed by atoms with Crippen molar-refractivity contribution in [3.8, 4) is 11.4 Å². The Kier molecular flexibility index (Phi) is 6.48. The summed E-state index contributed by atoms with van der Waals surface area (Å²) in [6.07, 6.45) is 12.3. The standard InChI is InChI=1S/C24H30N8O/c1-2-33-21-7-5-20(6-8-21)32-17-27-22-15-26-24(30-23(22)32)29-19-14-28-31(16-19)13-3-4-18-9-11-25-12-10-18/h5-8,14-18,25H,2-4,9-13H2,1H3,(H,26,29,30). The average Bonchev–Trinajstić information content (AvgIpc) is 3.47. The fraction of sp³-hybridized carbons (Fsp3) is 0.417. The number of anilines is 2. The molecule has 1 aliphatic rings. The lowest BCUT2D eigenvalue weighted by molar-refractivity contribution is 0.337. The molecule has 33 heavy (non-hydrogen) atoms. The fourth-order valence-corrected chi connectivity index (χ4v) is 4.32. The maximum Gasteiger partial charge on any atom is 0.229 e. The summed E-state index contributed by atoms with van der Waals surface area (Å²) in [4.78, 5) is 13.6. The van der Waals surface area contributed by atoms with Crippen molar-refractivity contribution in [2.45, 2.75) is 39.2 Å². The number of nitrogens with one attached hydrogen (secondary N) is 2. The number of piperidine rings is 1. The summed E-state index contributed by atoms with van der Waals surface area (Å²) in [7, 11) is 0. The monoisotopic (exact) mass is 446 g/mol. The van der Waals surface area contributed by atoms with Gasteiger partial charge in [0.05, 0.1) is 24.7 Å². The lowest BCUT2D eigenvalue weighted by atomic mass is 9.93. The maximum absolute atomic E-state index is 5.54. The van der Waals surface area contributed by atoms with Gasteiger partial charge in [-0.25, -0.2) is 9.97 Å². The van der Waals surface area contributed by atoms with Crippen molar-refractivity contribution in [3.05, 3.63) is 49.2 Å². The molecule has 1 aromatic carbocycles. The Morgan fingerprint density at radius 3 is 2.79 bits per heavy atom. The number of hydrogen-bond donors (Lipinski definition) is 2. The zero-order valence-corrected chi connectivity index (χ0v) is 18.9. The molecule has 4 heterocycles. The summed E-state index contributed by atoms with van der Waals surface area (Å²) in [5, 5.41) is 11.2. The van der Waals surface area contributed by atoms with Crippen molar-refractivity contribution in [2.75, 3.05) is 25.0 Å². The smallest absolute Gasteiger partial charge is 0.229 e. The Labute approximate surface area is 193 Å². The van der Waals surface area contributed by atoms with Crippen molar-refractivity contribution < 1.29 is 4.74 Å². The van der Waals surface area contributed by atoms with Crippen molar-refractivity contribution in [1.29, 1.82) is 0 Å². The predicted octanol–water partition coefficient (Wildman–Crippen LogP) is 3.93. The Morgan fingerprint density at radius 2 is 1.97 bits per heavy atom. The highest BCUT2D eigenvalue weighted by atomic mass is 16.5. The summed E-state index contributed by atoms with van der Waals surface area (Å²) in [5.74, 6) is 2.21. The molecule has 9 heteroatoms. The number of nitrogens with zero attached hydrogens (tertiary/aromatic N) is 6. The van der Waals surface area contributed by atoms with Crippen LogP contribution in [0.3, 0.4) is 0 Å². The quantitative estimate of drug-likeness (QED) is 0.402. The molecule has 0 bridgehead atoms. The van der Waals surface area contributed by atoms with E-state index < -0.39 is 0 Å². The largest absolute Gasteiger partial charge is 0.494 e. The SMILES string of the molecule is CCOc1ccc(-n2cnc3cnc(Nc4cnn(CCCC5CCNCC5)c4)nc32)cc1. The van der Waals surface area contributed by atoms with Gasteiger partial charge in [-0.2, -0.15) is 10.1 Å². The minimum atomic E-state index is 0.518. The van der Waals surface area contributed by atoms with E-state index in [1.165, 1.54) is 19.3 Å². The van der Waals surface area contributed by atoms with E-state index >= 15 is 0 Å². The normalized spacial score (nSPS) is 14.6. The van der Waals surface area contributed by atoms with Crippen molar-refractivity contribution >= 4 is 22.8 Å². The molecule has 0 radical (unpaired) electrons. The minimum absolute atomic E-state index is 0.518. The van der Waals surface area contributed by atoms with E-state index in [0.29, 0.717) is 12.6 Å². The molecule has 1 saturated heterocycles. The molecule has 5 rings (SSSR count). The lowest BCUT2D eigenvalue weighted by Crippen LogP contribution is -2.27. The van der Waals surface area contributed by atoms with Gasteiger partial charge in [0.25, 0.3) is 0 Å². The number of imidazole rings is 1. The molecule has 0 aliphatic carbocycles. The molecule has 0 saturated carbocycles. The highest BCUT2D eigenvalue weighted by molar-refractivity contribution is 5.74. The van der Waals surface area contributed by atoms with E-state index in [-0.39, 0.29) is 0 Å². The molecular weight excluding hydrogens is 416 g/mol. The van der Waals surface area contributed by atoms with Crippen LogP contribution in [0.25, 0.3) is 16.9 Å². The van der Waals surface area contributed by atoms with Crippen LogP contribution in [0.15, 0.2) is 49.2 Å². The summed E-state index contributed by atoms with van der Waals surface area (Å²) >= 11 is 0. The van der Waals surface area contributed by atoms with E-state index in [1.54, 1.807) is 12.5 Å². The van der Waals surface area contributed by atoms with Crippen LogP contribution >= 0.6 is 0 Å². The maximum atomic E-state index is 5.54. The first-order valence-corrected chi connectivity index (χ1v) is 11.7. The topological polar surface area (TPSA) is 94.7 Å². The molecule has 1 aliphatic heterocycles. The molecule has 9 nitrogen and oxygen atoms in total. The molecule has 1 fully saturated rings. The predicted molar refractivity (Wildman–Crippen MR) is 128 cm³/mol. The van der Waals surface area contributed by atoms with Crippen LogP contribution in [0.2, 0.25) is 0 Å². The summed E-state index contributed by atoms with van der Waals surface area (Å²) in [6, 6.07) is 7.89. The van der Waals surface area contributed by atoms with Crippen LogP contribution in [-0.2, 0) is 6.54 Å². The molecule has 2 N–H and O–H groups in total. The number of aromatic nitrogens is 6. The van der Waals surface area contributed by atoms with Gasteiger partial charge in [-0.05, 0) is 75.9 Å². The lowest BCUT2D eigenvalue weighted by Gasteiger charge is -2.22. The summed E-state index contributed by atoms with van der Waals surface area (Å²) < 4.78 is 9.48. The molecule has 3 aromatic heterocycles. The van der Waals surface area contributed by atoms with Crippen LogP contribution in [0.5, 0.6) is 5.75 Å². The average molecular weight is 447 g/mol. The van der Waals surface area contributed by atoms with Gasteiger partial charge in [-0.1, -0.05) is 0 Å². The van der Waals surface area contributed by atoms with E-state index in [1.807, 2.05) is 52.8 Å². The van der Waals surface area contributed by atoms with Crippen molar-refractivity contribution in [1.82, 2.24) is 34.6 Å². The minimum Gasteiger partial charge on any atom is -0.494 e. The van der Waals surface area contributed by atoms with E-state index in [0.717, 1.165) is 60.3 Å². The third-order valence-electron chi connectivity index (χ3n) is 6.06. The van der Waals surface area contributed by atoms with Crippen LogP contribution in [0.1, 0.15) is 32.6 Å². The molecular formula is C24H30N8O. The van der Waals surface area contributed by atoms with Gasteiger partial charge in [-0.3, -0.25) is 9.25 Å². The first-order chi connectivity index (χ1) is 16.3. The van der Waals surface area contributed by atoms with Gasteiger partial charge in [0.2, 0.25) is 5.95 Å². The Hall–Kier alpha value is -3.46. The van der Waals surface area contributed by atoms with E-state index in [9.17, 15) is 0 Å². The number of benzene rings is 1. The molecule has 0 amide bonds. The van der Waals surface area contributed by atoms with Gasteiger partial charge >= 0.3 is 0 Å². The van der Waals surface area contributed by atoms with Gasteiger partial charge < -0.3 is 15.4 Å². The zero-order chi connectivity index (χ0) is 22.5. The van der Waals surface area contributed by atoms with E-state index in [2.05, 4.69) is 25.7 Å². The molecule has 4 aromatic rings. The highest BCUT2D eigenvalue weighted by Gasteiger charge is 2.13. The van der Waals surface area contributed by atoms with E-state index in [4.69, 9.17) is 9.72 Å². The van der Waals surface area contributed by atoms with Crippen molar-refractivity contribution in [3.63, 3.8) is 0 Å². The van der Waals surface area contributed by atoms with Crippen molar-refractivity contribution in [2.24, 2.45) is 5.92 Å². The van der Waals surface area contributed by atoms with Gasteiger partial charge in [0.1, 0.15) is 17.6 Å². The second kappa shape index (κ2) is 9.99. The summed E-state index contributed by atoms with van der Waals surface area (Å²) in [6.45, 7) is 5.85. The zero-order valence-electron chi connectivity index (χ0n) is 18.9. The van der Waals surface area contributed by atoms with Gasteiger partial charge in [0, 0.05) is 18.4 Å². The summed E-state index contributed by atoms with van der Waals surface area (Å²) in [5.41, 5.74) is 3.32. The van der Waals surface area contributed by atoms with Crippen LogP contribution in [0, 0.1) is 5.92 Å². The highest BCUT2D eigenvalue weighted by Crippen LogP contribution is 2.22. The second-order valence-electron chi connectivity index (χ2n) is 8.40. The van der Waals surface area contributed by atoms with Crippen LogP contribution < -0.4 is 15.4 Å². The third-order valence-corrected chi connectivity index (χ3v) is 6.06. The first kappa shape index (κ1) is 21.4. The van der Waals surface area contributed by atoms with Gasteiger partial charge in [0.15, 0.2) is 5.65 Å². The Bertz CT molecular complexity index is 1180. The first-order valence-electron chi connectivity index (χ1n) is 11.7. The molecule has 0 spiro atoms. The van der Waals surface area contributed by atoms with Crippen LogP contribution in [-0.4, -0.2) is 49.0 Å². The van der Waals surface area contributed by atoms with Crippen LogP contribution in [0.4, 0.5) is 11.6 Å². The number of fused-ring (bicyclic) bond motifs is 1. The Morgan fingerprint density at radius 1 is 1.12 bits per heavy atom. The van der Waals surface area contributed by atoms with Gasteiger partial charge in [-0.15, -0.1) is 0 Å². The third kappa shape index (κ3) is 5.14. The number of rotatable bonds is 9. The Balaban J connectivity index is 1.24. The molecule has 0 atom stereocenters. The number of ether oxygens (including phenoxy) is 1.